The van der Waals surface area contributed by atoms with Crippen LogP contribution in [0.15, 0.2) is 18.2 Å². The van der Waals surface area contributed by atoms with Crippen molar-refractivity contribution in [2.45, 2.75) is 239 Å². The van der Waals surface area contributed by atoms with Crippen LogP contribution in [0.5, 0.6) is 0 Å². The van der Waals surface area contributed by atoms with Crippen molar-refractivity contribution < 1.29 is 0 Å². The molecule has 0 saturated heterocycles. The van der Waals surface area contributed by atoms with Gasteiger partial charge in [0.1, 0.15) is 0 Å². The summed E-state index contributed by atoms with van der Waals surface area (Å²) in [6.07, 6.45) is 49.5. The summed E-state index contributed by atoms with van der Waals surface area (Å²) in [6, 6.07) is 7.24. The minimum atomic E-state index is 1.06. The first-order chi connectivity index (χ1) is 21.8. The lowest BCUT2D eigenvalue weighted by atomic mass is 9.90. The molecule has 0 aliphatic rings. The van der Waals surface area contributed by atoms with Gasteiger partial charge in [0, 0.05) is 0 Å². The molecule has 0 heteroatoms. The van der Waals surface area contributed by atoms with Gasteiger partial charge in [0.05, 0.1) is 0 Å². The first-order valence-electron chi connectivity index (χ1n) is 20.7. The third-order valence-electron chi connectivity index (χ3n) is 10.1. The van der Waals surface area contributed by atoms with E-state index < -0.39 is 0 Å². The zero-order valence-electron chi connectivity index (χ0n) is 30.7. The summed E-state index contributed by atoms with van der Waals surface area (Å²) >= 11 is 0. The van der Waals surface area contributed by atoms with Gasteiger partial charge in [-0.15, -0.1) is 0 Å². The second kappa shape index (κ2) is 33.6. The second-order valence-electron chi connectivity index (χ2n) is 14.4. The minimum absolute atomic E-state index is 1.06. The highest BCUT2D eigenvalue weighted by Gasteiger charge is 2.08. The molecule has 1 aromatic rings. The Labute approximate surface area is 279 Å². The van der Waals surface area contributed by atoms with E-state index in [1.54, 1.807) is 16.7 Å². The van der Waals surface area contributed by atoms with Crippen molar-refractivity contribution >= 4 is 0 Å². The predicted octanol–water partition coefficient (Wildman–Crippen LogP) is 15.7. The molecule has 0 spiro atoms. The topological polar surface area (TPSA) is 0 Å². The lowest BCUT2D eigenvalue weighted by molar-refractivity contribution is 0.531. The number of unbranched alkanes of at least 4 members (excludes halogenated alkanes) is 29. The van der Waals surface area contributed by atoms with Crippen LogP contribution in [-0.4, -0.2) is 0 Å². The number of benzene rings is 1. The van der Waals surface area contributed by atoms with Gasteiger partial charge in [-0.3, -0.25) is 0 Å². The Balaban J connectivity index is 2.11. The Morgan fingerprint density at radius 2 is 0.614 bits per heavy atom. The van der Waals surface area contributed by atoms with Crippen LogP contribution in [0, 0.1) is 6.92 Å². The molecule has 1 rings (SSSR count). The molecule has 0 nitrogen and oxygen atoms in total. The van der Waals surface area contributed by atoms with E-state index in [1.165, 1.54) is 218 Å². The number of rotatable bonds is 35. The van der Waals surface area contributed by atoms with Gasteiger partial charge in [-0.25, -0.2) is 0 Å². The van der Waals surface area contributed by atoms with Crippen molar-refractivity contribution in [3.05, 3.63) is 41.8 Å². The van der Waals surface area contributed by atoms with E-state index in [4.69, 9.17) is 0 Å². The molecule has 0 bridgehead atoms. The first kappa shape index (κ1) is 41.2. The normalized spacial score (nSPS) is 11.5. The van der Waals surface area contributed by atoms with Crippen LogP contribution >= 0.6 is 0 Å². The maximum absolute atomic E-state index is 4.15. The largest absolute Gasteiger partial charge is 0.0654 e. The van der Waals surface area contributed by atoms with Crippen molar-refractivity contribution in [1.29, 1.82) is 0 Å². The van der Waals surface area contributed by atoms with E-state index in [9.17, 15) is 0 Å². The Morgan fingerprint density at radius 3 is 0.886 bits per heavy atom. The monoisotopic (exact) mass is 610 g/mol. The van der Waals surface area contributed by atoms with Crippen LogP contribution in [0.25, 0.3) is 0 Å². The molecule has 0 amide bonds. The molecule has 1 radical (unpaired) electrons. The summed E-state index contributed by atoms with van der Waals surface area (Å²) in [5, 5.41) is 0. The molecule has 257 valence electrons. The van der Waals surface area contributed by atoms with E-state index in [0.717, 1.165) is 6.42 Å². The highest BCUT2D eigenvalue weighted by molar-refractivity contribution is 5.36. The summed E-state index contributed by atoms with van der Waals surface area (Å²) in [5.74, 6) is 0. The zero-order chi connectivity index (χ0) is 31.6. The summed E-state index contributed by atoms with van der Waals surface area (Å²) < 4.78 is 0. The third-order valence-corrected chi connectivity index (χ3v) is 10.1. The average Bonchev–Trinajstić information content (AvgIpc) is 3.04. The van der Waals surface area contributed by atoms with Crippen LogP contribution < -0.4 is 0 Å². The zero-order valence-corrected chi connectivity index (χ0v) is 30.7. The maximum atomic E-state index is 4.15. The molecule has 0 unspecified atom stereocenters. The number of hydrogen-bond acceptors (Lipinski definition) is 0. The quantitative estimate of drug-likeness (QED) is 0.0671. The highest BCUT2D eigenvalue weighted by Crippen LogP contribution is 2.23. The molecule has 44 heavy (non-hydrogen) atoms. The molecular weight excluding hydrogens is 528 g/mol. The van der Waals surface area contributed by atoms with E-state index in [-0.39, 0.29) is 0 Å². The lowest BCUT2D eigenvalue weighted by Crippen LogP contribution is -2.02. The van der Waals surface area contributed by atoms with Crippen LogP contribution in [0.4, 0.5) is 0 Å². The van der Waals surface area contributed by atoms with E-state index in [2.05, 4.69) is 39.0 Å². The SMILES string of the molecule is [CH2]CCCc1c(CCCCCCCCCCCCCCCCC)cccc1CCCCCCCCCCCCCCCCC. The molecule has 0 heterocycles. The molecule has 0 aromatic heterocycles. The van der Waals surface area contributed by atoms with Gasteiger partial charge < -0.3 is 0 Å². The fraction of sp³-hybridized carbons (Fsp3) is 0.841. The number of hydrogen-bond donors (Lipinski definition) is 0. The fourth-order valence-electron chi connectivity index (χ4n) is 7.15. The number of aryl methyl sites for hydroxylation is 2. The molecule has 1 aromatic carbocycles. The van der Waals surface area contributed by atoms with Gasteiger partial charge in [-0.2, -0.15) is 0 Å². The van der Waals surface area contributed by atoms with Gasteiger partial charge in [0.25, 0.3) is 0 Å². The minimum Gasteiger partial charge on any atom is -0.0654 e. The second-order valence-corrected chi connectivity index (χ2v) is 14.4. The van der Waals surface area contributed by atoms with Gasteiger partial charge in [-0.1, -0.05) is 225 Å². The van der Waals surface area contributed by atoms with Crippen molar-refractivity contribution in [2.75, 3.05) is 0 Å². The van der Waals surface area contributed by atoms with Crippen LogP contribution in [0.2, 0.25) is 0 Å². The van der Waals surface area contributed by atoms with E-state index in [0.29, 0.717) is 0 Å². The summed E-state index contributed by atoms with van der Waals surface area (Å²) in [5.41, 5.74) is 5.02. The van der Waals surface area contributed by atoms with Gasteiger partial charge >= 0.3 is 0 Å². The van der Waals surface area contributed by atoms with Crippen molar-refractivity contribution in [3.63, 3.8) is 0 Å². The predicted molar refractivity (Wildman–Crippen MR) is 202 cm³/mol. The Hall–Kier alpha value is -0.780. The van der Waals surface area contributed by atoms with Gasteiger partial charge in [0.2, 0.25) is 0 Å². The fourth-order valence-corrected chi connectivity index (χ4v) is 7.15. The van der Waals surface area contributed by atoms with Gasteiger partial charge in [0.15, 0.2) is 0 Å². The maximum Gasteiger partial charge on any atom is -0.0273 e. The molecule has 0 saturated carbocycles. The van der Waals surface area contributed by atoms with E-state index in [1.807, 2.05) is 0 Å². The summed E-state index contributed by atoms with van der Waals surface area (Å²) in [6.45, 7) is 8.77. The van der Waals surface area contributed by atoms with Crippen molar-refractivity contribution in [3.8, 4) is 0 Å². The lowest BCUT2D eigenvalue weighted by Gasteiger charge is -2.15. The van der Waals surface area contributed by atoms with Gasteiger partial charge in [-0.05, 0) is 55.2 Å². The third kappa shape index (κ3) is 25.4. The molecule has 0 atom stereocenters. The van der Waals surface area contributed by atoms with E-state index >= 15 is 0 Å². The summed E-state index contributed by atoms with van der Waals surface area (Å²) in [7, 11) is 0. The van der Waals surface area contributed by atoms with Crippen LogP contribution in [0.3, 0.4) is 0 Å². The molecule has 0 aliphatic carbocycles. The summed E-state index contributed by atoms with van der Waals surface area (Å²) in [4.78, 5) is 0. The molecule has 0 aliphatic heterocycles. The molecule has 0 fully saturated rings. The van der Waals surface area contributed by atoms with Crippen molar-refractivity contribution in [1.82, 2.24) is 0 Å². The molecule has 0 N–H and O–H groups in total. The standard InChI is InChI=1S/C44H81/c1-4-7-10-12-14-16-18-20-22-24-26-28-30-32-34-37-42-39-36-40-43(44(42)41-9-6-3)38-35-33-31-29-27-25-23-21-19-17-15-13-11-8-5-2/h36,39-40H,3-35,37-38,41H2,1-2H3. The van der Waals surface area contributed by atoms with Crippen LogP contribution in [0.1, 0.15) is 236 Å². The Bertz CT molecular complexity index is 635. The highest BCUT2D eigenvalue weighted by atomic mass is 14.1. The Kier molecular flexibility index (Phi) is 31.5. The van der Waals surface area contributed by atoms with Crippen molar-refractivity contribution in [2.24, 2.45) is 0 Å². The average molecular weight is 610 g/mol. The molecular formula is C44H81. The first-order valence-corrected chi connectivity index (χ1v) is 20.7. The smallest absolute Gasteiger partial charge is 0.0273 e. The van der Waals surface area contributed by atoms with Crippen LogP contribution in [-0.2, 0) is 19.3 Å². The Morgan fingerprint density at radius 1 is 0.341 bits per heavy atom.